The normalized spacial score (nSPS) is 12.0. The van der Waals surface area contributed by atoms with Gasteiger partial charge in [0.2, 0.25) is 5.95 Å². The van der Waals surface area contributed by atoms with Crippen molar-refractivity contribution in [2.24, 2.45) is 0 Å². The summed E-state index contributed by atoms with van der Waals surface area (Å²) in [6.45, 7) is 0.967. The Bertz CT molecular complexity index is 672. The summed E-state index contributed by atoms with van der Waals surface area (Å²) in [6.07, 6.45) is 4.21. The van der Waals surface area contributed by atoms with Crippen LogP contribution in [-0.4, -0.2) is 21.6 Å². The molecule has 0 amide bonds. The molecule has 5 nitrogen and oxygen atoms in total. The van der Waals surface area contributed by atoms with Gasteiger partial charge in [-0.15, -0.1) is 0 Å². The molecule has 0 radical (unpaired) electrons. The van der Waals surface area contributed by atoms with Gasteiger partial charge in [-0.25, -0.2) is 9.97 Å². The third kappa shape index (κ3) is 3.51. The molecule has 3 aromatic rings. The van der Waals surface area contributed by atoms with E-state index in [9.17, 15) is 5.11 Å². The minimum Gasteiger partial charge on any atom is -0.467 e. The van der Waals surface area contributed by atoms with Crippen LogP contribution >= 0.6 is 0 Å². The van der Waals surface area contributed by atoms with Gasteiger partial charge in [-0.2, -0.15) is 0 Å². The van der Waals surface area contributed by atoms with E-state index in [-0.39, 0.29) is 0 Å². The predicted octanol–water partition coefficient (Wildman–Crippen LogP) is 2.81. The van der Waals surface area contributed by atoms with Crippen molar-refractivity contribution < 1.29 is 9.52 Å². The molecule has 0 spiro atoms. The maximum absolute atomic E-state index is 10.3. The first kappa shape index (κ1) is 14.3. The Morgan fingerprint density at radius 2 is 1.77 bits per heavy atom. The molecule has 1 unspecified atom stereocenters. The summed E-state index contributed by atoms with van der Waals surface area (Å²) < 4.78 is 5.26. The predicted molar refractivity (Wildman–Crippen MR) is 83.2 cm³/mol. The average Bonchev–Trinajstić information content (AvgIpc) is 3.11. The van der Waals surface area contributed by atoms with Crippen LogP contribution in [0.5, 0.6) is 0 Å². The Morgan fingerprint density at radius 3 is 2.45 bits per heavy atom. The fraction of sp³-hybridized carbons (Fsp3) is 0.176. The second kappa shape index (κ2) is 6.87. The van der Waals surface area contributed by atoms with Crippen LogP contribution in [0.1, 0.15) is 17.4 Å². The van der Waals surface area contributed by atoms with Crippen molar-refractivity contribution in [1.29, 1.82) is 0 Å². The van der Waals surface area contributed by atoms with Gasteiger partial charge < -0.3 is 14.4 Å². The summed E-state index contributed by atoms with van der Waals surface area (Å²) in [5, 5.41) is 10.3. The summed E-state index contributed by atoms with van der Waals surface area (Å²) in [7, 11) is 0. The van der Waals surface area contributed by atoms with Gasteiger partial charge >= 0.3 is 0 Å². The van der Waals surface area contributed by atoms with E-state index in [0.717, 1.165) is 5.56 Å². The first-order valence-electron chi connectivity index (χ1n) is 7.10. The molecule has 5 heteroatoms. The molecule has 0 aliphatic carbocycles. The number of nitrogens with zero attached hydrogens (tertiary/aromatic N) is 3. The third-order valence-corrected chi connectivity index (χ3v) is 3.32. The smallest absolute Gasteiger partial charge is 0.225 e. The van der Waals surface area contributed by atoms with E-state index in [1.165, 1.54) is 0 Å². The van der Waals surface area contributed by atoms with E-state index in [2.05, 4.69) is 9.97 Å². The summed E-state index contributed by atoms with van der Waals surface area (Å²) in [4.78, 5) is 10.5. The van der Waals surface area contributed by atoms with Crippen LogP contribution in [0.2, 0.25) is 0 Å². The van der Waals surface area contributed by atoms with Crippen molar-refractivity contribution >= 4 is 5.95 Å². The molecule has 1 aromatic carbocycles. The van der Waals surface area contributed by atoms with Gasteiger partial charge in [-0.1, -0.05) is 30.3 Å². The minimum absolute atomic E-state index is 0.354. The van der Waals surface area contributed by atoms with Crippen molar-refractivity contribution in [3.8, 4) is 0 Å². The van der Waals surface area contributed by atoms with Gasteiger partial charge in [0, 0.05) is 18.9 Å². The minimum atomic E-state index is -0.734. The number of hydrogen-bond acceptors (Lipinski definition) is 5. The summed E-state index contributed by atoms with van der Waals surface area (Å²) in [5.74, 6) is 1.12. The Morgan fingerprint density at radius 1 is 1.00 bits per heavy atom. The Kier molecular flexibility index (Phi) is 4.46. The van der Waals surface area contributed by atoms with Crippen LogP contribution in [0.4, 0.5) is 5.95 Å². The van der Waals surface area contributed by atoms with Gasteiger partial charge in [0.15, 0.2) is 0 Å². The molecule has 2 aromatic heterocycles. The van der Waals surface area contributed by atoms with E-state index < -0.39 is 6.10 Å². The van der Waals surface area contributed by atoms with E-state index in [0.29, 0.717) is 24.8 Å². The van der Waals surface area contributed by atoms with E-state index in [4.69, 9.17) is 4.42 Å². The van der Waals surface area contributed by atoms with Crippen LogP contribution in [0.25, 0.3) is 0 Å². The molecule has 22 heavy (non-hydrogen) atoms. The number of rotatable bonds is 6. The molecule has 0 aliphatic rings. The maximum Gasteiger partial charge on any atom is 0.225 e. The number of aliphatic hydroxyl groups excluding tert-OH is 1. The van der Waals surface area contributed by atoms with Crippen LogP contribution in [0, 0.1) is 0 Å². The number of hydrogen-bond donors (Lipinski definition) is 1. The van der Waals surface area contributed by atoms with E-state index in [1.807, 2.05) is 35.2 Å². The molecule has 3 rings (SSSR count). The number of aromatic nitrogens is 2. The van der Waals surface area contributed by atoms with Crippen LogP contribution in [0.15, 0.2) is 71.6 Å². The van der Waals surface area contributed by atoms with Gasteiger partial charge in [-0.3, -0.25) is 0 Å². The molecule has 0 bridgehead atoms. The number of benzene rings is 1. The maximum atomic E-state index is 10.3. The lowest BCUT2D eigenvalue weighted by atomic mass is 10.2. The van der Waals surface area contributed by atoms with Crippen molar-refractivity contribution in [1.82, 2.24) is 9.97 Å². The number of anilines is 1. The lowest BCUT2D eigenvalue weighted by Gasteiger charge is -2.24. The third-order valence-electron chi connectivity index (χ3n) is 3.32. The Hall–Kier alpha value is -2.66. The summed E-state index contributed by atoms with van der Waals surface area (Å²) >= 11 is 0. The van der Waals surface area contributed by atoms with Crippen LogP contribution in [0.3, 0.4) is 0 Å². The van der Waals surface area contributed by atoms with Gasteiger partial charge in [0.05, 0.1) is 12.8 Å². The number of furan rings is 1. The zero-order chi connectivity index (χ0) is 15.2. The topological polar surface area (TPSA) is 62.4 Å². The molecule has 0 saturated carbocycles. The summed E-state index contributed by atoms with van der Waals surface area (Å²) in [6, 6.07) is 15.3. The number of aliphatic hydroxyl groups is 1. The fourth-order valence-electron chi connectivity index (χ4n) is 2.25. The lowest BCUT2D eigenvalue weighted by molar-refractivity contribution is 0.154. The largest absolute Gasteiger partial charge is 0.467 e. The van der Waals surface area contributed by atoms with Crippen molar-refractivity contribution in [2.45, 2.75) is 12.6 Å². The van der Waals surface area contributed by atoms with Crippen molar-refractivity contribution in [3.05, 3.63) is 78.5 Å². The molecular weight excluding hydrogens is 278 g/mol. The van der Waals surface area contributed by atoms with Crippen molar-refractivity contribution in [3.63, 3.8) is 0 Å². The van der Waals surface area contributed by atoms with Gasteiger partial charge in [0.1, 0.15) is 11.9 Å². The molecular formula is C17H17N3O2. The SMILES string of the molecule is OC(CN(Cc1ccccc1)c1ncccn1)c1ccco1. The molecule has 2 heterocycles. The monoisotopic (exact) mass is 295 g/mol. The fourth-order valence-corrected chi connectivity index (χ4v) is 2.25. The average molecular weight is 295 g/mol. The molecule has 112 valence electrons. The van der Waals surface area contributed by atoms with Gasteiger partial charge in [0.25, 0.3) is 0 Å². The molecule has 0 aliphatic heterocycles. The standard InChI is InChI=1S/C17H17N3O2/c21-15(16-8-4-11-22-16)13-20(17-18-9-5-10-19-17)12-14-6-2-1-3-7-14/h1-11,15,21H,12-13H2. The Labute approximate surface area is 128 Å². The highest BCUT2D eigenvalue weighted by molar-refractivity contribution is 5.32. The zero-order valence-corrected chi connectivity index (χ0v) is 12.0. The van der Waals surface area contributed by atoms with E-state index >= 15 is 0 Å². The molecule has 0 fully saturated rings. The van der Waals surface area contributed by atoms with E-state index in [1.54, 1.807) is 36.9 Å². The second-order valence-corrected chi connectivity index (χ2v) is 4.95. The first-order valence-corrected chi connectivity index (χ1v) is 7.10. The first-order chi connectivity index (χ1) is 10.8. The highest BCUT2D eigenvalue weighted by atomic mass is 16.4. The quantitative estimate of drug-likeness (QED) is 0.757. The molecule has 1 N–H and O–H groups in total. The van der Waals surface area contributed by atoms with Crippen molar-refractivity contribution in [2.75, 3.05) is 11.4 Å². The molecule has 1 atom stereocenters. The Balaban J connectivity index is 1.80. The van der Waals surface area contributed by atoms with Crippen LogP contribution in [-0.2, 0) is 6.54 Å². The van der Waals surface area contributed by atoms with Gasteiger partial charge in [-0.05, 0) is 23.8 Å². The highest BCUT2D eigenvalue weighted by Gasteiger charge is 2.18. The molecule has 0 saturated heterocycles. The second-order valence-electron chi connectivity index (χ2n) is 4.95. The lowest BCUT2D eigenvalue weighted by Crippen LogP contribution is -2.29. The zero-order valence-electron chi connectivity index (χ0n) is 12.0. The van der Waals surface area contributed by atoms with Crippen LogP contribution < -0.4 is 4.90 Å². The highest BCUT2D eigenvalue weighted by Crippen LogP contribution is 2.19. The summed E-state index contributed by atoms with van der Waals surface area (Å²) in [5.41, 5.74) is 1.13.